The number of H-pyrrole nitrogens is 1. The second-order valence-corrected chi connectivity index (χ2v) is 9.07. The Morgan fingerprint density at radius 1 is 1.11 bits per heavy atom. The van der Waals surface area contributed by atoms with Crippen molar-refractivity contribution < 1.29 is 13.9 Å². The first kappa shape index (κ1) is 22.9. The normalized spacial score (nSPS) is 16.9. The molecule has 0 unspecified atom stereocenters. The van der Waals surface area contributed by atoms with Crippen LogP contribution >= 0.6 is 0 Å². The first-order valence-electron chi connectivity index (χ1n) is 12.3. The third-order valence-corrected chi connectivity index (χ3v) is 6.73. The van der Waals surface area contributed by atoms with Gasteiger partial charge in [0.25, 0.3) is 5.91 Å². The minimum atomic E-state index is -0.376. The number of aromatic nitrogens is 5. The van der Waals surface area contributed by atoms with Gasteiger partial charge in [0.15, 0.2) is 5.82 Å². The predicted octanol–water partition coefficient (Wildman–Crippen LogP) is 5.02. The van der Waals surface area contributed by atoms with E-state index < -0.39 is 0 Å². The van der Waals surface area contributed by atoms with Crippen LogP contribution in [0.1, 0.15) is 41.9 Å². The number of para-hydroxylation sites is 2. The van der Waals surface area contributed by atoms with Crippen molar-refractivity contribution in [3.8, 4) is 23.0 Å². The summed E-state index contributed by atoms with van der Waals surface area (Å²) in [6.07, 6.45) is 4.80. The molecule has 0 saturated heterocycles. The smallest absolute Gasteiger partial charge is 0.253 e. The molecule has 0 bridgehead atoms. The van der Waals surface area contributed by atoms with Crippen LogP contribution in [0.25, 0.3) is 28.1 Å². The third kappa shape index (κ3) is 4.22. The number of nitrogens with one attached hydrogen (secondary N) is 2. The van der Waals surface area contributed by atoms with Gasteiger partial charge in [-0.15, -0.1) is 10.2 Å². The maximum Gasteiger partial charge on any atom is 0.253 e. The lowest BCUT2D eigenvalue weighted by Gasteiger charge is -2.35. The molecule has 0 radical (unpaired) electrons. The van der Waals surface area contributed by atoms with Gasteiger partial charge in [-0.25, -0.2) is 9.37 Å². The summed E-state index contributed by atoms with van der Waals surface area (Å²) < 4.78 is 22.2. The Hall–Kier alpha value is -4.53. The maximum absolute atomic E-state index is 14.9. The zero-order chi connectivity index (χ0) is 25.4. The first-order valence-corrected chi connectivity index (χ1v) is 12.3. The number of rotatable bonds is 7. The molecular formula is C28H25FN6O2. The first-order chi connectivity index (χ1) is 18.1. The largest absolute Gasteiger partial charge is 0.492 e. The lowest BCUT2D eigenvalue weighted by Crippen LogP contribution is -2.44. The van der Waals surface area contributed by atoms with Crippen LogP contribution in [0.3, 0.4) is 0 Å². The van der Waals surface area contributed by atoms with E-state index in [1.54, 1.807) is 35.0 Å². The van der Waals surface area contributed by atoms with Gasteiger partial charge >= 0.3 is 0 Å². The number of fused-ring (bicyclic) bond motifs is 1. The fourth-order valence-corrected chi connectivity index (χ4v) is 4.85. The molecule has 1 aliphatic rings. The molecule has 0 spiro atoms. The summed E-state index contributed by atoms with van der Waals surface area (Å²) in [7, 11) is 0. The Balaban J connectivity index is 1.26. The Morgan fingerprint density at radius 3 is 2.76 bits per heavy atom. The quantitative estimate of drug-likeness (QED) is 0.330. The van der Waals surface area contributed by atoms with Gasteiger partial charge in [-0.3, -0.25) is 9.36 Å². The van der Waals surface area contributed by atoms with E-state index in [0.717, 1.165) is 10.9 Å². The van der Waals surface area contributed by atoms with E-state index >= 15 is 0 Å². The molecule has 2 N–H and O–H groups in total. The Labute approximate surface area is 212 Å². The third-order valence-electron chi connectivity index (χ3n) is 6.73. The molecule has 1 fully saturated rings. The number of amides is 1. The summed E-state index contributed by atoms with van der Waals surface area (Å²) in [5.74, 6) is 1.26. The lowest BCUT2D eigenvalue weighted by atomic mass is 9.79. The van der Waals surface area contributed by atoms with Crippen LogP contribution in [0.2, 0.25) is 0 Å². The molecule has 186 valence electrons. The van der Waals surface area contributed by atoms with Crippen molar-refractivity contribution in [2.45, 2.75) is 31.7 Å². The number of hydrogen-bond acceptors (Lipinski definition) is 5. The highest BCUT2D eigenvalue weighted by Crippen LogP contribution is 2.39. The number of pyridine rings is 1. The van der Waals surface area contributed by atoms with Crippen LogP contribution in [0.15, 0.2) is 73.1 Å². The van der Waals surface area contributed by atoms with Crippen LogP contribution in [0.4, 0.5) is 4.39 Å². The molecule has 3 heterocycles. The zero-order valence-electron chi connectivity index (χ0n) is 20.2. The van der Waals surface area contributed by atoms with Gasteiger partial charge in [-0.2, -0.15) is 0 Å². The zero-order valence-corrected chi connectivity index (χ0v) is 20.2. The van der Waals surface area contributed by atoms with E-state index in [1.165, 1.54) is 6.07 Å². The summed E-state index contributed by atoms with van der Waals surface area (Å²) in [5.41, 5.74) is 2.36. The van der Waals surface area contributed by atoms with Crippen molar-refractivity contribution in [2.75, 3.05) is 6.61 Å². The van der Waals surface area contributed by atoms with Crippen molar-refractivity contribution in [3.05, 3.63) is 90.3 Å². The molecule has 8 nitrogen and oxygen atoms in total. The van der Waals surface area contributed by atoms with Crippen molar-refractivity contribution >= 4 is 16.8 Å². The highest BCUT2D eigenvalue weighted by Gasteiger charge is 2.36. The van der Waals surface area contributed by atoms with Crippen LogP contribution in [0.5, 0.6) is 5.75 Å². The second-order valence-electron chi connectivity index (χ2n) is 9.07. The summed E-state index contributed by atoms with van der Waals surface area (Å²) in [6, 6.07) is 17.7. The number of nitrogens with zero attached hydrogens (tertiary/aromatic N) is 4. The molecule has 1 amide bonds. The van der Waals surface area contributed by atoms with Crippen LogP contribution in [0, 0.1) is 5.82 Å². The van der Waals surface area contributed by atoms with Crippen LogP contribution in [-0.2, 0) is 0 Å². The summed E-state index contributed by atoms with van der Waals surface area (Å²) >= 11 is 0. The van der Waals surface area contributed by atoms with E-state index in [1.807, 2.05) is 43.5 Å². The molecule has 1 aliphatic carbocycles. The molecule has 3 aromatic heterocycles. The van der Waals surface area contributed by atoms with Gasteiger partial charge in [0.2, 0.25) is 0 Å². The van der Waals surface area contributed by atoms with Gasteiger partial charge in [0, 0.05) is 23.5 Å². The Kier molecular flexibility index (Phi) is 5.88. The summed E-state index contributed by atoms with van der Waals surface area (Å²) in [5, 5.41) is 13.0. The average molecular weight is 497 g/mol. The SMILES string of the molecule is CCOc1ccc(-c2nnc(C3CC(NC(=O)c4cccc5cc[nH]c45)C3)n2-c2ccccc2F)nc1. The monoisotopic (exact) mass is 496 g/mol. The Bertz CT molecular complexity index is 1570. The molecular weight excluding hydrogens is 471 g/mol. The molecule has 6 rings (SSSR count). The molecule has 1 saturated carbocycles. The average Bonchev–Trinajstić information content (AvgIpc) is 3.54. The number of halogens is 1. The van der Waals surface area contributed by atoms with Crippen molar-refractivity contribution in [1.29, 1.82) is 0 Å². The number of ether oxygens (including phenoxy) is 1. The highest BCUT2D eigenvalue weighted by molar-refractivity contribution is 6.05. The minimum Gasteiger partial charge on any atom is -0.492 e. The number of benzene rings is 2. The van der Waals surface area contributed by atoms with Gasteiger partial charge in [0.05, 0.1) is 29.6 Å². The molecule has 2 aromatic carbocycles. The summed E-state index contributed by atoms with van der Waals surface area (Å²) in [4.78, 5) is 20.6. The van der Waals surface area contributed by atoms with Crippen molar-refractivity contribution in [3.63, 3.8) is 0 Å². The van der Waals surface area contributed by atoms with E-state index in [0.29, 0.717) is 53.8 Å². The molecule has 0 aliphatic heterocycles. The van der Waals surface area contributed by atoms with E-state index in [4.69, 9.17) is 4.74 Å². The van der Waals surface area contributed by atoms with E-state index in [9.17, 15) is 9.18 Å². The minimum absolute atomic E-state index is 0.00938. The number of aromatic amines is 1. The van der Waals surface area contributed by atoms with Crippen molar-refractivity contribution in [1.82, 2.24) is 30.0 Å². The summed E-state index contributed by atoms with van der Waals surface area (Å²) in [6.45, 7) is 2.44. The molecule has 0 atom stereocenters. The number of carbonyl (C=O) groups excluding carboxylic acids is 1. The van der Waals surface area contributed by atoms with Gasteiger partial charge < -0.3 is 15.0 Å². The fourth-order valence-electron chi connectivity index (χ4n) is 4.85. The van der Waals surface area contributed by atoms with E-state index in [2.05, 4.69) is 25.5 Å². The Morgan fingerprint density at radius 2 is 1.97 bits per heavy atom. The molecule has 37 heavy (non-hydrogen) atoms. The van der Waals surface area contributed by atoms with Crippen LogP contribution in [-0.4, -0.2) is 43.3 Å². The highest BCUT2D eigenvalue weighted by atomic mass is 19.1. The number of hydrogen-bond donors (Lipinski definition) is 2. The topological polar surface area (TPSA) is 97.7 Å². The van der Waals surface area contributed by atoms with Crippen LogP contribution < -0.4 is 10.1 Å². The van der Waals surface area contributed by atoms with Crippen molar-refractivity contribution in [2.24, 2.45) is 0 Å². The second kappa shape index (κ2) is 9.50. The van der Waals surface area contributed by atoms with Gasteiger partial charge in [-0.05, 0) is 56.2 Å². The predicted molar refractivity (Wildman–Crippen MR) is 137 cm³/mol. The van der Waals surface area contributed by atoms with Gasteiger partial charge in [-0.1, -0.05) is 24.3 Å². The number of carbonyl (C=O) groups is 1. The standard InChI is InChI=1S/C28H25FN6O2/c1-2-37-20-10-11-23(31-16-20)27-34-33-26(35(27)24-9-4-3-8-22(24)29)18-14-19(15-18)32-28(36)21-7-5-6-17-12-13-30-25(17)21/h3-13,16,18-19,30H,2,14-15H2,1H3,(H,32,36). The molecule has 5 aromatic rings. The van der Waals surface area contributed by atoms with Gasteiger partial charge in [0.1, 0.15) is 23.1 Å². The fraction of sp³-hybridized carbons (Fsp3) is 0.214. The van der Waals surface area contributed by atoms with E-state index in [-0.39, 0.29) is 23.7 Å². The lowest BCUT2D eigenvalue weighted by molar-refractivity contribution is 0.0908. The molecule has 9 heteroatoms. The maximum atomic E-state index is 14.9.